The smallest absolute Gasteiger partial charge is 0.336 e. The molecule has 17 heavy (non-hydrogen) atoms. The average molecular weight is 254 g/mol. The zero-order valence-corrected chi connectivity index (χ0v) is 9.81. The Hall–Kier alpha value is -1.82. The lowest BCUT2D eigenvalue weighted by Crippen LogP contribution is -2.24. The summed E-state index contributed by atoms with van der Waals surface area (Å²) in [5, 5.41) is 0. The fourth-order valence-electron chi connectivity index (χ4n) is 1.49. The molecule has 1 aromatic carbocycles. The Kier molecular flexibility index (Phi) is 2.89. The third kappa shape index (κ3) is 2.03. The van der Waals surface area contributed by atoms with Gasteiger partial charge < -0.3 is 9.47 Å². The van der Waals surface area contributed by atoms with E-state index >= 15 is 0 Å². The molecule has 1 atom stereocenters. The molecule has 6 heteroatoms. The van der Waals surface area contributed by atoms with Crippen molar-refractivity contribution < 1.29 is 22.7 Å². The number of esters is 1. The van der Waals surface area contributed by atoms with Gasteiger partial charge in [-0.2, -0.15) is 0 Å². The van der Waals surface area contributed by atoms with Crippen molar-refractivity contribution in [3.8, 4) is 0 Å². The van der Waals surface area contributed by atoms with Gasteiger partial charge in [-0.1, -0.05) is 18.2 Å². The molecule has 0 spiro atoms. The van der Waals surface area contributed by atoms with Crippen molar-refractivity contribution in [2.24, 2.45) is 0 Å². The molecule has 1 unspecified atom stereocenters. The van der Waals surface area contributed by atoms with Crippen LogP contribution in [0, 0.1) is 0 Å². The number of carbonyl (C=O) groups is 1. The van der Waals surface area contributed by atoms with Gasteiger partial charge in [-0.15, -0.1) is 0 Å². The first kappa shape index (κ1) is 11.7. The molecule has 1 aliphatic rings. The van der Waals surface area contributed by atoms with Crippen LogP contribution in [0.4, 0.5) is 0 Å². The van der Waals surface area contributed by atoms with E-state index in [-0.39, 0.29) is 10.7 Å². The van der Waals surface area contributed by atoms with Crippen LogP contribution in [-0.2, 0) is 24.1 Å². The van der Waals surface area contributed by atoms with Crippen LogP contribution in [0.2, 0.25) is 0 Å². The van der Waals surface area contributed by atoms with Crippen LogP contribution in [0.3, 0.4) is 0 Å². The van der Waals surface area contributed by atoms with E-state index in [1.165, 1.54) is 19.2 Å². The summed E-state index contributed by atoms with van der Waals surface area (Å²) in [7, 11) is -2.48. The standard InChI is InChI=1S/C11H10O5S/c1-15-9-7-10(12)16-11(9)17(13,14)8-5-3-2-4-6-8/h2-7,11H,1H3. The van der Waals surface area contributed by atoms with Crippen LogP contribution in [0.15, 0.2) is 47.1 Å². The van der Waals surface area contributed by atoms with Crippen molar-refractivity contribution in [1.82, 2.24) is 0 Å². The predicted molar refractivity (Wildman–Crippen MR) is 58.6 cm³/mol. The molecule has 1 aliphatic heterocycles. The minimum absolute atomic E-state index is 0.00106. The molecule has 0 aromatic heterocycles. The highest BCUT2D eigenvalue weighted by molar-refractivity contribution is 7.92. The number of hydrogen-bond acceptors (Lipinski definition) is 5. The first-order valence-corrected chi connectivity index (χ1v) is 6.35. The van der Waals surface area contributed by atoms with Gasteiger partial charge in [-0.3, -0.25) is 0 Å². The molecular formula is C11H10O5S. The molecule has 1 heterocycles. The molecule has 2 rings (SSSR count). The summed E-state index contributed by atoms with van der Waals surface area (Å²) < 4.78 is 33.9. The van der Waals surface area contributed by atoms with Gasteiger partial charge in [0.15, 0.2) is 5.76 Å². The fraction of sp³-hybridized carbons (Fsp3) is 0.182. The topological polar surface area (TPSA) is 69.7 Å². The first-order chi connectivity index (χ1) is 8.05. The van der Waals surface area contributed by atoms with Crippen LogP contribution in [0.1, 0.15) is 0 Å². The molecule has 0 N–H and O–H groups in total. The van der Waals surface area contributed by atoms with Gasteiger partial charge in [-0.25, -0.2) is 13.2 Å². The van der Waals surface area contributed by atoms with Gasteiger partial charge in [0.05, 0.1) is 18.1 Å². The largest absolute Gasteiger partial charge is 0.496 e. The van der Waals surface area contributed by atoms with Gasteiger partial charge in [-0.05, 0) is 12.1 Å². The third-order valence-corrected chi connectivity index (χ3v) is 4.13. The normalized spacial score (nSPS) is 19.7. The van der Waals surface area contributed by atoms with E-state index < -0.39 is 21.2 Å². The Labute approximate surface area is 98.6 Å². The SMILES string of the molecule is COC1=CC(=O)OC1S(=O)(=O)c1ccccc1. The van der Waals surface area contributed by atoms with Crippen LogP contribution < -0.4 is 0 Å². The molecule has 0 saturated carbocycles. The number of benzene rings is 1. The highest BCUT2D eigenvalue weighted by atomic mass is 32.2. The predicted octanol–water partition coefficient (Wildman–Crippen LogP) is 0.874. The van der Waals surface area contributed by atoms with E-state index in [1.54, 1.807) is 18.2 Å². The number of cyclic esters (lactones) is 1. The van der Waals surface area contributed by atoms with Crippen molar-refractivity contribution in [1.29, 1.82) is 0 Å². The molecule has 0 saturated heterocycles. The van der Waals surface area contributed by atoms with Crippen LogP contribution in [-0.4, -0.2) is 26.9 Å². The molecule has 0 amide bonds. The molecule has 0 radical (unpaired) electrons. The van der Waals surface area contributed by atoms with Crippen LogP contribution >= 0.6 is 0 Å². The summed E-state index contributed by atoms with van der Waals surface area (Å²) in [6.07, 6.45) is 1.03. The van der Waals surface area contributed by atoms with Crippen molar-refractivity contribution in [3.63, 3.8) is 0 Å². The number of carbonyl (C=O) groups excluding carboxylic acids is 1. The summed E-state index contributed by atoms with van der Waals surface area (Å²) in [5.74, 6) is -0.717. The highest BCUT2D eigenvalue weighted by Gasteiger charge is 2.39. The monoisotopic (exact) mass is 254 g/mol. The average Bonchev–Trinajstić information content (AvgIpc) is 2.72. The van der Waals surface area contributed by atoms with E-state index in [4.69, 9.17) is 9.47 Å². The molecule has 1 aromatic rings. The fourth-order valence-corrected chi connectivity index (χ4v) is 2.96. The van der Waals surface area contributed by atoms with Crippen LogP contribution in [0.5, 0.6) is 0 Å². The van der Waals surface area contributed by atoms with Gasteiger partial charge in [0.2, 0.25) is 9.84 Å². The number of rotatable bonds is 3. The summed E-state index contributed by atoms with van der Waals surface area (Å²) in [4.78, 5) is 11.1. The second kappa shape index (κ2) is 4.21. The number of hydrogen-bond donors (Lipinski definition) is 0. The zero-order valence-electron chi connectivity index (χ0n) is 8.99. The van der Waals surface area contributed by atoms with E-state index in [0.717, 1.165) is 6.08 Å². The summed E-state index contributed by atoms with van der Waals surface area (Å²) >= 11 is 0. The van der Waals surface area contributed by atoms with Gasteiger partial charge in [0, 0.05) is 0 Å². The van der Waals surface area contributed by atoms with E-state index in [1.807, 2.05) is 0 Å². The summed E-state index contributed by atoms with van der Waals surface area (Å²) in [6.45, 7) is 0. The van der Waals surface area contributed by atoms with Crippen molar-refractivity contribution in [2.45, 2.75) is 10.3 Å². The lowest BCUT2D eigenvalue weighted by atomic mass is 10.4. The Bertz CT molecular complexity index is 559. The third-order valence-electron chi connectivity index (χ3n) is 2.30. The quantitative estimate of drug-likeness (QED) is 0.749. The summed E-state index contributed by atoms with van der Waals surface area (Å²) in [6, 6.07) is 7.77. The Morgan fingerprint density at radius 3 is 2.47 bits per heavy atom. The minimum Gasteiger partial charge on any atom is -0.496 e. The van der Waals surface area contributed by atoms with Crippen molar-refractivity contribution in [3.05, 3.63) is 42.2 Å². The van der Waals surface area contributed by atoms with Gasteiger partial charge in [0.1, 0.15) is 0 Å². The molecule has 90 valence electrons. The lowest BCUT2D eigenvalue weighted by Gasteiger charge is -2.13. The second-order valence-electron chi connectivity index (χ2n) is 3.38. The van der Waals surface area contributed by atoms with E-state index in [0.29, 0.717) is 0 Å². The maximum atomic E-state index is 12.2. The van der Waals surface area contributed by atoms with E-state index in [9.17, 15) is 13.2 Å². The molecular weight excluding hydrogens is 244 g/mol. The van der Waals surface area contributed by atoms with E-state index in [2.05, 4.69) is 0 Å². The lowest BCUT2D eigenvalue weighted by molar-refractivity contribution is -0.136. The number of ether oxygens (including phenoxy) is 2. The first-order valence-electron chi connectivity index (χ1n) is 4.81. The highest BCUT2D eigenvalue weighted by Crippen LogP contribution is 2.26. The molecule has 0 bridgehead atoms. The van der Waals surface area contributed by atoms with Crippen molar-refractivity contribution in [2.75, 3.05) is 7.11 Å². The molecule has 0 aliphatic carbocycles. The van der Waals surface area contributed by atoms with Gasteiger partial charge >= 0.3 is 5.97 Å². The van der Waals surface area contributed by atoms with Crippen LogP contribution in [0.25, 0.3) is 0 Å². The maximum Gasteiger partial charge on any atom is 0.336 e. The Morgan fingerprint density at radius 2 is 1.88 bits per heavy atom. The second-order valence-corrected chi connectivity index (χ2v) is 5.37. The summed E-state index contributed by atoms with van der Waals surface area (Å²) in [5.41, 5.74) is -1.39. The minimum atomic E-state index is -3.77. The number of sulfone groups is 1. The molecule has 0 fully saturated rings. The zero-order chi connectivity index (χ0) is 12.5. The number of methoxy groups -OCH3 is 1. The Balaban J connectivity index is 2.42. The Morgan fingerprint density at radius 1 is 1.24 bits per heavy atom. The van der Waals surface area contributed by atoms with Crippen molar-refractivity contribution >= 4 is 15.8 Å². The maximum absolute atomic E-state index is 12.2. The van der Waals surface area contributed by atoms with Gasteiger partial charge in [0.25, 0.3) is 5.44 Å². The molecule has 5 nitrogen and oxygen atoms in total.